The summed E-state index contributed by atoms with van der Waals surface area (Å²) >= 11 is 1.25. The summed E-state index contributed by atoms with van der Waals surface area (Å²) < 4.78 is 48.0. The lowest BCUT2D eigenvalue weighted by Crippen LogP contribution is -2.19. The molecule has 1 N–H and O–H groups in total. The number of hydrogen-bond acceptors (Lipinski definition) is 7. The lowest BCUT2D eigenvalue weighted by atomic mass is 10.0. The summed E-state index contributed by atoms with van der Waals surface area (Å²) in [4.78, 5) is 28.2. The van der Waals surface area contributed by atoms with Gasteiger partial charge in [-0.15, -0.1) is 0 Å². The number of thioether (sulfide) groups is 1. The third kappa shape index (κ3) is 4.35. The van der Waals surface area contributed by atoms with Gasteiger partial charge in [0, 0.05) is 18.1 Å². The molecule has 35 heavy (non-hydrogen) atoms. The van der Waals surface area contributed by atoms with Gasteiger partial charge < -0.3 is 4.74 Å². The number of rotatable bonds is 6. The Morgan fingerprint density at radius 2 is 1.74 bits per heavy atom. The lowest BCUT2D eigenvalue weighted by molar-refractivity contribution is 0.414. The Hall–Kier alpha value is -4.19. The number of benzene rings is 2. The highest BCUT2D eigenvalue weighted by molar-refractivity contribution is 7.98. The average Bonchev–Trinajstić information content (AvgIpc) is 3.27. The van der Waals surface area contributed by atoms with Gasteiger partial charge in [0.1, 0.15) is 11.4 Å². The highest BCUT2D eigenvalue weighted by Crippen LogP contribution is 2.34. The van der Waals surface area contributed by atoms with Gasteiger partial charge in [-0.25, -0.2) is 32.9 Å². The van der Waals surface area contributed by atoms with E-state index in [0.717, 1.165) is 22.2 Å². The molecule has 0 unspecified atom stereocenters. The second-order valence-corrected chi connectivity index (χ2v) is 8.23. The second-order valence-electron chi connectivity index (χ2n) is 7.27. The number of methoxy groups -OCH3 is 1. The molecule has 0 aliphatic heterocycles. The van der Waals surface area contributed by atoms with Crippen molar-refractivity contribution in [3.8, 4) is 28.4 Å². The maximum atomic E-state index is 14.1. The number of halogens is 3. The van der Waals surface area contributed by atoms with Crippen LogP contribution in [0.4, 0.5) is 13.2 Å². The molecule has 0 atom stereocenters. The summed E-state index contributed by atoms with van der Waals surface area (Å²) in [6.45, 7) is 0. The molecule has 0 aliphatic carbocycles. The van der Waals surface area contributed by atoms with Crippen LogP contribution in [0.2, 0.25) is 0 Å². The molecule has 176 valence electrons. The molecule has 3 heterocycles. The third-order valence-electron chi connectivity index (χ3n) is 5.06. The number of ether oxygens (including phenoxy) is 1. The molecule has 0 aliphatic rings. The molecule has 5 rings (SSSR count). The fourth-order valence-corrected chi connectivity index (χ4v) is 4.21. The zero-order valence-corrected chi connectivity index (χ0v) is 18.8. The van der Waals surface area contributed by atoms with Crippen molar-refractivity contribution < 1.29 is 17.9 Å². The Bertz CT molecular complexity index is 1570. The fraction of sp³-hybridized carbons (Fsp3) is 0.0870. The topological polar surface area (TPSA) is 98.1 Å². The number of hydrogen-bond donors (Lipinski definition) is 1. The minimum absolute atomic E-state index is 0.0128. The maximum absolute atomic E-state index is 14.1. The Kier molecular flexibility index (Phi) is 5.95. The van der Waals surface area contributed by atoms with E-state index >= 15 is 0 Å². The maximum Gasteiger partial charge on any atom is 0.350 e. The van der Waals surface area contributed by atoms with Gasteiger partial charge in [0.2, 0.25) is 0 Å². The first-order valence-electron chi connectivity index (χ1n) is 10.2. The highest BCUT2D eigenvalue weighted by atomic mass is 32.2. The predicted molar refractivity (Wildman–Crippen MR) is 122 cm³/mol. The highest BCUT2D eigenvalue weighted by Gasteiger charge is 2.24. The van der Waals surface area contributed by atoms with E-state index < -0.39 is 23.1 Å². The van der Waals surface area contributed by atoms with Crippen molar-refractivity contribution in [2.45, 2.75) is 10.9 Å². The van der Waals surface area contributed by atoms with Crippen molar-refractivity contribution in [2.75, 3.05) is 7.11 Å². The monoisotopic (exact) mass is 496 g/mol. The summed E-state index contributed by atoms with van der Waals surface area (Å²) in [5, 5.41) is 4.50. The molecule has 0 fully saturated rings. The van der Waals surface area contributed by atoms with Crippen LogP contribution < -0.4 is 10.4 Å². The molecule has 0 amide bonds. The standard InChI is InChI=1S/C23H15F3N6O2S/c1-34-14-5-3-12(4-6-14)11-35-22-29-21-17(13-9-15(24)18(26)16(25)10-13)19(20-27-7-2-8-28-20)31-32(21)23(33)30-22/h2-10H,11H2,1H3,(H,29,30,33). The summed E-state index contributed by atoms with van der Waals surface area (Å²) in [5.41, 5.74) is 0.423. The Morgan fingerprint density at radius 1 is 1.06 bits per heavy atom. The molecule has 12 heteroatoms. The first-order chi connectivity index (χ1) is 16.9. The van der Waals surface area contributed by atoms with Gasteiger partial charge in [-0.2, -0.15) is 9.61 Å². The Labute approximate surface area is 199 Å². The zero-order valence-electron chi connectivity index (χ0n) is 18.0. The van der Waals surface area contributed by atoms with E-state index in [2.05, 4.69) is 25.0 Å². The van der Waals surface area contributed by atoms with Crippen LogP contribution in [0.1, 0.15) is 5.56 Å². The number of H-pyrrole nitrogens is 1. The van der Waals surface area contributed by atoms with Crippen molar-refractivity contribution >= 4 is 17.4 Å². The lowest BCUT2D eigenvalue weighted by Gasteiger charge is -2.06. The molecule has 5 aromatic rings. The van der Waals surface area contributed by atoms with Crippen molar-refractivity contribution in [3.05, 3.63) is 88.4 Å². The number of aromatic amines is 1. The molecule has 0 saturated carbocycles. The SMILES string of the molecule is COc1ccc(CSc2nc3c(-c4cc(F)c(F)c(F)c4)c(-c4ncccn4)nn3c(=O)[nH]2)cc1. The van der Waals surface area contributed by atoms with Crippen LogP contribution in [0, 0.1) is 17.5 Å². The van der Waals surface area contributed by atoms with Crippen LogP contribution in [0.15, 0.2) is 64.8 Å². The van der Waals surface area contributed by atoms with Crippen LogP contribution in [-0.4, -0.2) is 36.7 Å². The Balaban J connectivity index is 1.64. The first-order valence-corrected chi connectivity index (χ1v) is 11.1. The number of fused-ring (bicyclic) bond motifs is 1. The molecule has 8 nitrogen and oxygen atoms in total. The van der Waals surface area contributed by atoms with E-state index in [1.54, 1.807) is 13.2 Å². The first kappa shape index (κ1) is 22.6. The zero-order chi connectivity index (χ0) is 24.5. The van der Waals surface area contributed by atoms with Gasteiger partial charge in [-0.3, -0.25) is 4.98 Å². The van der Waals surface area contributed by atoms with E-state index in [9.17, 15) is 18.0 Å². The Morgan fingerprint density at radius 3 is 2.40 bits per heavy atom. The molecule has 2 aromatic carbocycles. The average molecular weight is 496 g/mol. The number of nitrogens with one attached hydrogen (secondary N) is 1. The molecular weight excluding hydrogens is 481 g/mol. The van der Waals surface area contributed by atoms with Crippen LogP contribution in [-0.2, 0) is 5.75 Å². The van der Waals surface area contributed by atoms with Crippen molar-refractivity contribution in [1.82, 2.24) is 29.5 Å². The third-order valence-corrected chi connectivity index (χ3v) is 6.00. The van der Waals surface area contributed by atoms with E-state index in [-0.39, 0.29) is 33.4 Å². The largest absolute Gasteiger partial charge is 0.497 e. The van der Waals surface area contributed by atoms with Gasteiger partial charge in [0.05, 0.1) is 12.7 Å². The van der Waals surface area contributed by atoms with Crippen LogP contribution in [0.25, 0.3) is 28.3 Å². The van der Waals surface area contributed by atoms with Crippen molar-refractivity contribution in [2.24, 2.45) is 0 Å². The molecular formula is C23H15F3N6O2S. The molecule has 0 bridgehead atoms. The van der Waals surface area contributed by atoms with Gasteiger partial charge >= 0.3 is 5.69 Å². The van der Waals surface area contributed by atoms with Crippen LogP contribution >= 0.6 is 11.8 Å². The van der Waals surface area contributed by atoms with Crippen molar-refractivity contribution in [1.29, 1.82) is 0 Å². The summed E-state index contributed by atoms with van der Waals surface area (Å²) in [5.74, 6) is -3.10. The number of aromatic nitrogens is 6. The van der Waals surface area contributed by atoms with E-state index in [1.165, 1.54) is 24.2 Å². The van der Waals surface area contributed by atoms with Gasteiger partial charge in [0.15, 0.2) is 34.1 Å². The second kappa shape index (κ2) is 9.22. The van der Waals surface area contributed by atoms with Gasteiger partial charge in [-0.05, 0) is 41.5 Å². The molecule has 0 spiro atoms. The normalized spacial score (nSPS) is 11.2. The van der Waals surface area contributed by atoms with Gasteiger partial charge in [0.25, 0.3) is 0 Å². The van der Waals surface area contributed by atoms with E-state index in [0.29, 0.717) is 11.5 Å². The fourth-order valence-electron chi connectivity index (χ4n) is 3.41. The van der Waals surface area contributed by atoms with Crippen LogP contribution in [0.5, 0.6) is 5.75 Å². The quantitative estimate of drug-likeness (QED) is 0.277. The summed E-state index contributed by atoms with van der Waals surface area (Å²) in [7, 11) is 1.57. The number of nitrogens with zero attached hydrogens (tertiary/aromatic N) is 5. The minimum atomic E-state index is -1.61. The smallest absolute Gasteiger partial charge is 0.350 e. The van der Waals surface area contributed by atoms with Crippen molar-refractivity contribution in [3.63, 3.8) is 0 Å². The molecule has 3 aromatic heterocycles. The minimum Gasteiger partial charge on any atom is -0.497 e. The predicted octanol–water partition coefficient (Wildman–Crippen LogP) is 4.26. The van der Waals surface area contributed by atoms with Gasteiger partial charge in [-0.1, -0.05) is 23.9 Å². The van der Waals surface area contributed by atoms with E-state index in [4.69, 9.17) is 4.74 Å². The summed E-state index contributed by atoms with van der Waals surface area (Å²) in [6, 6.07) is 10.6. The molecule has 0 saturated heterocycles. The summed E-state index contributed by atoms with van der Waals surface area (Å²) in [6.07, 6.45) is 2.91. The van der Waals surface area contributed by atoms with Crippen LogP contribution in [0.3, 0.4) is 0 Å². The molecule has 0 radical (unpaired) electrons. The van der Waals surface area contributed by atoms with E-state index in [1.807, 2.05) is 24.3 Å².